The van der Waals surface area contributed by atoms with Crippen molar-refractivity contribution in [2.45, 2.75) is 0 Å². The van der Waals surface area contributed by atoms with E-state index in [-0.39, 0.29) is 11.8 Å². The van der Waals surface area contributed by atoms with Gasteiger partial charge in [-0.3, -0.25) is 4.79 Å². The largest absolute Gasteiger partial charge is 0.497 e. The molecule has 1 amide bonds. The molecule has 0 atom stereocenters. The Bertz CT molecular complexity index is 926. The number of anilines is 1. The number of para-hydroxylation sites is 1. The number of hydrogen-bond donors (Lipinski definition) is 1. The maximum atomic E-state index is 13.6. The van der Waals surface area contributed by atoms with Gasteiger partial charge in [0.25, 0.3) is 5.91 Å². The van der Waals surface area contributed by atoms with E-state index in [0.717, 1.165) is 0 Å². The molecule has 0 saturated heterocycles. The number of hydrogen-bond acceptors (Lipinski definition) is 6. The molecule has 0 radical (unpaired) electrons. The highest BCUT2D eigenvalue weighted by atomic mass is 19.1. The maximum absolute atomic E-state index is 13.6. The Hall–Kier alpha value is -3.68. The molecule has 138 valence electrons. The Morgan fingerprint density at radius 3 is 2.22 bits per heavy atom. The summed E-state index contributed by atoms with van der Waals surface area (Å²) in [5, 5.41) is 2.66. The van der Waals surface area contributed by atoms with Crippen LogP contribution < -0.4 is 19.5 Å². The molecular formula is C19H16FN3O4. The van der Waals surface area contributed by atoms with Crippen molar-refractivity contribution in [2.75, 3.05) is 19.5 Å². The molecule has 0 bridgehead atoms. The Morgan fingerprint density at radius 1 is 1.00 bits per heavy atom. The first kappa shape index (κ1) is 18.1. The van der Waals surface area contributed by atoms with Gasteiger partial charge in [-0.2, -0.15) is 0 Å². The molecule has 0 spiro atoms. The number of carbonyl (C=O) groups excluding carboxylic acids is 1. The lowest BCUT2D eigenvalue weighted by Gasteiger charge is -2.09. The standard InChI is InChI=1S/C19H16FN3O4/c1-25-14-7-12(8-15(9-14)26-2)18(24)23-13-10-21-19(22-11-13)27-17-6-4-3-5-16(17)20/h3-11H,1-2H3,(H,23,24). The van der Waals surface area contributed by atoms with Crippen molar-refractivity contribution in [3.8, 4) is 23.3 Å². The fourth-order valence-electron chi connectivity index (χ4n) is 2.20. The predicted octanol–water partition coefficient (Wildman–Crippen LogP) is 3.68. The van der Waals surface area contributed by atoms with E-state index in [4.69, 9.17) is 14.2 Å². The van der Waals surface area contributed by atoms with Crippen LogP contribution in [-0.4, -0.2) is 30.1 Å². The number of nitrogens with zero attached hydrogens (tertiary/aromatic N) is 2. The number of methoxy groups -OCH3 is 2. The number of nitrogens with one attached hydrogen (secondary N) is 1. The zero-order valence-corrected chi connectivity index (χ0v) is 14.6. The minimum absolute atomic E-state index is 0.0118. The molecular weight excluding hydrogens is 353 g/mol. The first-order valence-electron chi connectivity index (χ1n) is 7.88. The topological polar surface area (TPSA) is 82.6 Å². The van der Waals surface area contributed by atoms with Crippen LogP contribution in [0.3, 0.4) is 0 Å². The number of rotatable bonds is 6. The van der Waals surface area contributed by atoms with Crippen LogP contribution in [0.25, 0.3) is 0 Å². The summed E-state index contributed by atoms with van der Waals surface area (Å²) in [6, 6.07) is 10.7. The minimum Gasteiger partial charge on any atom is -0.497 e. The molecule has 2 aromatic carbocycles. The smallest absolute Gasteiger partial charge is 0.322 e. The van der Waals surface area contributed by atoms with Crippen molar-refractivity contribution >= 4 is 11.6 Å². The molecule has 7 nitrogen and oxygen atoms in total. The highest BCUT2D eigenvalue weighted by Crippen LogP contribution is 2.24. The van der Waals surface area contributed by atoms with E-state index < -0.39 is 11.7 Å². The highest BCUT2D eigenvalue weighted by Gasteiger charge is 2.11. The molecule has 8 heteroatoms. The predicted molar refractivity (Wildman–Crippen MR) is 96.0 cm³/mol. The van der Waals surface area contributed by atoms with Crippen molar-refractivity contribution in [1.29, 1.82) is 0 Å². The third kappa shape index (κ3) is 4.49. The highest BCUT2D eigenvalue weighted by molar-refractivity contribution is 6.04. The van der Waals surface area contributed by atoms with E-state index in [1.807, 2.05) is 0 Å². The van der Waals surface area contributed by atoms with Crippen molar-refractivity contribution < 1.29 is 23.4 Å². The van der Waals surface area contributed by atoms with Gasteiger partial charge in [-0.1, -0.05) is 12.1 Å². The minimum atomic E-state index is -0.523. The lowest BCUT2D eigenvalue weighted by molar-refractivity contribution is 0.102. The van der Waals surface area contributed by atoms with Gasteiger partial charge in [-0.05, 0) is 24.3 Å². The van der Waals surface area contributed by atoms with Crippen LogP contribution in [0.15, 0.2) is 54.9 Å². The van der Waals surface area contributed by atoms with Crippen LogP contribution in [-0.2, 0) is 0 Å². The molecule has 1 aromatic heterocycles. The second kappa shape index (κ2) is 8.13. The van der Waals surface area contributed by atoms with Crippen LogP contribution in [0.2, 0.25) is 0 Å². The summed E-state index contributed by atoms with van der Waals surface area (Å²) in [6.07, 6.45) is 2.72. The SMILES string of the molecule is COc1cc(OC)cc(C(=O)Nc2cnc(Oc3ccccc3F)nc2)c1. The van der Waals surface area contributed by atoms with E-state index in [2.05, 4.69) is 15.3 Å². The molecule has 0 unspecified atom stereocenters. The van der Waals surface area contributed by atoms with E-state index in [1.54, 1.807) is 30.3 Å². The quantitative estimate of drug-likeness (QED) is 0.714. The lowest BCUT2D eigenvalue weighted by atomic mass is 10.2. The Labute approximate surface area is 154 Å². The van der Waals surface area contributed by atoms with Crippen LogP contribution in [0.1, 0.15) is 10.4 Å². The normalized spacial score (nSPS) is 10.2. The van der Waals surface area contributed by atoms with Gasteiger partial charge in [-0.25, -0.2) is 14.4 Å². The number of carbonyl (C=O) groups is 1. The summed E-state index contributed by atoms with van der Waals surface area (Å²) >= 11 is 0. The van der Waals surface area contributed by atoms with E-state index in [1.165, 1.54) is 38.7 Å². The number of benzene rings is 2. The first-order chi connectivity index (χ1) is 13.1. The van der Waals surface area contributed by atoms with Gasteiger partial charge in [0.1, 0.15) is 11.5 Å². The van der Waals surface area contributed by atoms with E-state index in [0.29, 0.717) is 22.7 Å². The van der Waals surface area contributed by atoms with Crippen molar-refractivity contribution in [2.24, 2.45) is 0 Å². The van der Waals surface area contributed by atoms with Gasteiger partial charge in [-0.15, -0.1) is 0 Å². The molecule has 3 rings (SSSR count). The monoisotopic (exact) mass is 369 g/mol. The van der Waals surface area contributed by atoms with Gasteiger partial charge >= 0.3 is 6.01 Å². The summed E-state index contributed by atoms with van der Waals surface area (Å²) in [6.45, 7) is 0. The summed E-state index contributed by atoms with van der Waals surface area (Å²) in [5.74, 6) is 0.0792. The van der Waals surface area contributed by atoms with Gasteiger partial charge in [0.15, 0.2) is 11.6 Å². The molecule has 0 aliphatic carbocycles. The number of aromatic nitrogens is 2. The molecule has 0 aliphatic rings. The van der Waals surface area contributed by atoms with Gasteiger partial charge in [0, 0.05) is 11.6 Å². The average molecular weight is 369 g/mol. The van der Waals surface area contributed by atoms with E-state index in [9.17, 15) is 9.18 Å². The Morgan fingerprint density at radius 2 is 1.63 bits per heavy atom. The number of amides is 1. The summed E-state index contributed by atoms with van der Waals surface area (Å²) in [7, 11) is 3.00. The summed E-state index contributed by atoms with van der Waals surface area (Å²) < 4.78 is 29.1. The fraction of sp³-hybridized carbons (Fsp3) is 0.105. The third-order valence-corrected chi connectivity index (χ3v) is 3.54. The zero-order chi connectivity index (χ0) is 19.2. The molecule has 1 heterocycles. The number of halogens is 1. The molecule has 0 fully saturated rings. The molecule has 0 aliphatic heterocycles. The van der Waals surface area contributed by atoms with Crippen LogP contribution in [0.4, 0.5) is 10.1 Å². The van der Waals surface area contributed by atoms with Crippen molar-refractivity contribution in [3.05, 3.63) is 66.2 Å². The molecule has 3 aromatic rings. The van der Waals surface area contributed by atoms with Crippen LogP contribution in [0, 0.1) is 5.82 Å². The molecule has 0 saturated carbocycles. The number of ether oxygens (including phenoxy) is 3. The average Bonchev–Trinajstić information content (AvgIpc) is 2.70. The molecule has 27 heavy (non-hydrogen) atoms. The third-order valence-electron chi connectivity index (χ3n) is 3.54. The fourth-order valence-corrected chi connectivity index (χ4v) is 2.20. The summed E-state index contributed by atoms with van der Waals surface area (Å²) in [5.41, 5.74) is 0.695. The summed E-state index contributed by atoms with van der Waals surface area (Å²) in [4.78, 5) is 20.3. The van der Waals surface area contributed by atoms with Crippen molar-refractivity contribution in [1.82, 2.24) is 9.97 Å². The lowest BCUT2D eigenvalue weighted by Crippen LogP contribution is -2.12. The Balaban J connectivity index is 1.71. The molecule has 1 N–H and O–H groups in total. The van der Waals surface area contributed by atoms with Crippen LogP contribution in [0.5, 0.6) is 23.3 Å². The maximum Gasteiger partial charge on any atom is 0.322 e. The van der Waals surface area contributed by atoms with Crippen LogP contribution >= 0.6 is 0 Å². The van der Waals surface area contributed by atoms with Gasteiger partial charge in [0.05, 0.1) is 32.3 Å². The van der Waals surface area contributed by atoms with E-state index >= 15 is 0 Å². The van der Waals surface area contributed by atoms with Gasteiger partial charge in [0.2, 0.25) is 0 Å². The van der Waals surface area contributed by atoms with Crippen molar-refractivity contribution in [3.63, 3.8) is 0 Å². The zero-order valence-electron chi connectivity index (χ0n) is 14.6. The second-order valence-corrected chi connectivity index (χ2v) is 5.34. The second-order valence-electron chi connectivity index (χ2n) is 5.34. The van der Waals surface area contributed by atoms with Gasteiger partial charge < -0.3 is 19.5 Å². The first-order valence-corrected chi connectivity index (χ1v) is 7.88. The Kier molecular flexibility index (Phi) is 5.46.